The first kappa shape index (κ1) is 16.1. The fourth-order valence-electron chi connectivity index (χ4n) is 2.20. The van der Waals surface area contributed by atoms with Crippen molar-refractivity contribution >= 4 is 15.9 Å². The van der Waals surface area contributed by atoms with Gasteiger partial charge in [0.25, 0.3) is 0 Å². The number of benzene rings is 2. The monoisotopic (exact) mass is 347 g/mol. The number of halogens is 1. The third kappa shape index (κ3) is 4.87. The lowest BCUT2D eigenvalue weighted by Crippen LogP contribution is -2.22. The Balaban J connectivity index is 2.26. The lowest BCUT2D eigenvalue weighted by Gasteiger charge is -2.15. The summed E-state index contributed by atoms with van der Waals surface area (Å²) in [6.45, 7) is 9.25. The topological polar surface area (TPSA) is 21.3 Å². The molecular formula is C18H22BrNO. The van der Waals surface area contributed by atoms with Gasteiger partial charge in [-0.15, -0.1) is 0 Å². The van der Waals surface area contributed by atoms with Gasteiger partial charge in [0.15, 0.2) is 0 Å². The molecule has 2 nitrogen and oxygen atoms in total. The molecular weight excluding hydrogens is 326 g/mol. The van der Waals surface area contributed by atoms with Crippen LogP contribution in [0, 0.1) is 13.8 Å². The van der Waals surface area contributed by atoms with Gasteiger partial charge in [-0.05, 0) is 49.2 Å². The highest BCUT2D eigenvalue weighted by Crippen LogP contribution is 2.29. The quantitative estimate of drug-likeness (QED) is 0.786. The van der Waals surface area contributed by atoms with E-state index in [1.807, 2.05) is 12.1 Å². The second kappa shape index (κ2) is 7.10. The molecule has 0 aliphatic carbocycles. The van der Waals surface area contributed by atoms with Crippen LogP contribution in [-0.2, 0) is 6.54 Å². The van der Waals surface area contributed by atoms with Gasteiger partial charge in [0.05, 0.1) is 0 Å². The summed E-state index contributed by atoms with van der Waals surface area (Å²) in [7, 11) is 0. The van der Waals surface area contributed by atoms with E-state index >= 15 is 0 Å². The van der Waals surface area contributed by atoms with Gasteiger partial charge >= 0.3 is 0 Å². The van der Waals surface area contributed by atoms with Gasteiger partial charge in [-0.25, -0.2) is 0 Å². The number of rotatable bonds is 5. The number of hydrogen-bond donors (Lipinski definition) is 1. The maximum absolute atomic E-state index is 6.11. The van der Waals surface area contributed by atoms with E-state index in [1.165, 1.54) is 11.1 Å². The molecule has 2 rings (SSSR count). The van der Waals surface area contributed by atoms with Crippen LogP contribution in [-0.4, -0.2) is 6.04 Å². The van der Waals surface area contributed by atoms with Crippen LogP contribution < -0.4 is 10.1 Å². The van der Waals surface area contributed by atoms with Crippen LogP contribution >= 0.6 is 15.9 Å². The van der Waals surface area contributed by atoms with Crippen molar-refractivity contribution in [3.8, 4) is 11.5 Å². The maximum atomic E-state index is 6.11. The maximum Gasteiger partial charge on any atom is 0.133 e. The molecule has 0 aromatic heterocycles. The van der Waals surface area contributed by atoms with Gasteiger partial charge in [-0.3, -0.25) is 0 Å². The number of ether oxygens (including phenoxy) is 1. The van der Waals surface area contributed by atoms with Crippen molar-refractivity contribution in [2.75, 3.05) is 0 Å². The van der Waals surface area contributed by atoms with Crippen LogP contribution in [0.25, 0.3) is 0 Å². The summed E-state index contributed by atoms with van der Waals surface area (Å²) in [6.07, 6.45) is 0. The Morgan fingerprint density at radius 2 is 1.71 bits per heavy atom. The van der Waals surface area contributed by atoms with E-state index in [2.05, 4.69) is 73.2 Å². The average molecular weight is 348 g/mol. The van der Waals surface area contributed by atoms with Crippen molar-refractivity contribution in [3.05, 3.63) is 57.6 Å². The smallest absolute Gasteiger partial charge is 0.133 e. The molecule has 0 amide bonds. The van der Waals surface area contributed by atoms with Crippen LogP contribution in [0.15, 0.2) is 40.9 Å². The fourth-order valence-corrected chi connectivity index (χ4v) is 2.54. The Morgan fingerprint density at radius 3 is 2.33 bits per heavy atom. The lowest BCUT2D eigenvalue weighted by atomic mass is 10.1. The van der Waals surface area contributed by atoms with E-state index in [1.54, 1.807) is 0 Å². The van der Waals surface area contributed by atoms with E-state index in [0.717, 1.165) is 28.1 Å². The third-order valence-corrected chi connectivity index (χ3v) is 3.65. The summed E-state index contributed by atoms with van der Waals surface area (Å²) in [4.78, 5) is 0. The zero-order valence-corrected chi connectivity index (χ0v) is 14.6. The highest BCUT2D eigenvalue weighted by molar-refractivity contribution is 9.10. The standard InChI is InChI=1S/C18H22BrNO/c1-12(2)20-11-15-5-6-16(19)10-18(15)21-17-8-13(3)7-14(4)9-17/h5-10,12,20H,11H2,1-4H3. The normalized spacial score (nSPS) is 11.0. The molecule has 3 heteroatoms. The van der Waals surface area contributed by atoms with E-state index in [-0.39, 0.29) is 0 Å². The van der Waals surface area contributed by atoms with Crippen LogP contribution in [0.3, 0.4) is 0 Å². The van der Waals surface area contributed by atoms with Gasteiger partial charge in [0.1, 0.15) is 11.5 Å². The summed E-state index contributed by atoms with van der Waals surface area (Å²) in [5.74, 6) is 1.78. The van der Waals surface area contributed by atoms with Gasteiger partial charge in [0.2, 0.25) is 0 Å². The Kier molecular flexibility index (Phi) is 5.43. The van der Waals surface area contributed by atoms with E-state index in [9.17, 15) is 0 Å². The van der Waals surface area contributed by atoms with Crippen molar-refractivity contribution in [3.63, 3.8) is 0 Å². The predicted molar refractivity (Wildman–Crippen MR) is 92.1 cm³/mol. The van der Waals surface area contributed by atoms with Gasteiger partial charge in [-0.2, -0.15) is 0 Å². The summed E-state index contributed by atoms with van der Waals surface area (Å²) < 4.78 is 7.14. The molecule has 0 heterocycles. The van der Waals surface area contributed by atoms with Crippen LogP contribution in [0.1, 0.15) is 30.5 Å². The molecule has 0 saturated carbocycles. The Morgan fingerprint density at radius 1 is 1.05 bits per heavy atom. The van der Waals surface area contributed by atoms with Crippen molar-refractivity contribution in [2.24, 2.45) is 0 Å². The molecule has 2 aromatic rings. The highest BCUT2D eigenvalue weighted by Gasteiger charge is 2.07. The molecule has 0 radical (unpaired) electrons. The van der Waals surface area contributed by atoms with E-state index < -0.39 is 0 Å². The SMILES string of the molecule is Cc1cc(C)cc(Oc2cc(Br)ccc2CNC(C)C)c1. The minimum absolute atomic E-state index is 0.447. The molecule has 0 aliphatic heterocycles. The first-order valence-corrected chi connectivity index (χ1v) is 8.01. The number of nitrogens with one attached hydrogen (secondary N) is 1. The Labute approximate surface area is 135 Å². The predicted octanol–water partition coefficient (Wildman–Crippen LogP) is 5.36. The molecule has 0 fully saturated rings. The highest BCUT2D eigenvalue weighted by atomic mass is 79.9. The molecule has 0 bridgehead atoms. The molecule has 2 aromatic carbocycles. The summed E-state index contributed by atoms with van der Waals surface area (Å²) in [5.41, 5.74) is 3.58. The minimum atomic E-state index is 0.447. The second-order valence-electron chi connectivity index (χ2n) is 5.71. The number of hydrogen-bond acceptors (Lipinski definition) is 2. The third-order valence-electron chi connectivity index (χ3n) is 3.15. The first-order valence-electron chi connectivity index (χ1n) is 7.22. The van der Waals surface area contributed by atoms with Crippen LogP contribution in [0.5, 0.6) is 11.5 Å². The van der Waals surface area contributed by atoms with Gasteiger partial charge in [-0.1, -0.05) is 41.9 Å². The van der Waals surface area contributed by atoms with Crippen LogP contribution in [0.2, 0.25) is 0 Å². The van der Waals surface area contributed by atoms with Gasteiger partial charge in [0, 0.05) is 22.6 Å². The van der Waals surface area contributed by atoms with Crippen molar-refractivity contribution in [2.45, 2.75) is 40.3 Å². The minimum Gasteiger partial charge on any atom is -0.457 e. The van der Waals surface area contributed by atoms with E-state index in [4.69, 9.17) is 4.74 Å². The molecule has 0 unspecified atom stereocenters. The van der Waals surface area contributed by atoms with Crippen molar-refractivity contribution in [1.29, 1.82) is 0 Å². The summed E-state index contributed by atoms with van der Waals surface area (Å²) in [6, 6.07) is 12.9. The lowest BCUT2D eigenvalue weighted by molar-refractivity contribution is 0.468. The fraction of sp³-hybridized carbons (Fsp3) is 0.333. The first-order chi connectivity index (χ1) is 9.94. The summed E-state index contributed by atoms with van der Waals surface area (Å²) in [5, 5.41) is 3.43. The molecule has 0 atom stereocenters. The number of aryl methyl sites for hydroxylation is 2. The van der Waals surface area contributed by atoms with Crippen molar-refractivity contribution in [1.82, 2.24) is 5.32 Å². The zero-order chi connectivity index (χ0) is 15.4. The largest absolute Gasteiger partial charge is 0.457 e. The average Bonchev–Trinajstić information content (AvgIpc) is 2.36. The molecule has 0 aliphatic rings. The molecule has 112 valence electrons. The molecule has 0 saturated heterocycles. The zero-order valence-electron chi connectivity index (χ0n) is 13.0. The Bertz CT molecular complexity index is 602. The van der Waals surface area contributed by atoms with E-state index in [0.29, 0.717) is 6.04 Å². The van der Waals surface area contributed by atoms with Crippen molar-refractivity contribution < 1.29 is 4.74 Å². The second-order valence-corrected chi connectivity index (χ2v) is 6.63. The van der Waals surface area contributed by atoms with Crippen LogP contribution in [0.4, 0.5) is 0 Å². The van der Waals surface area contributed by atoms with Gasteiger partial charge < -0.3 is 10.1 Å². The summed E-state index contributed by atoms with van der Waals surface area (Å²) >= 11 is 3.52. The molecule has 21 heavy (non-hydrogen) atoms. The Hall–Kier alpha value is -1.32. The molecule has 0 spiro atoms. The molecule has 1 N–H and O–H groups in total.